The van der Waals surface area contributed by atoms with Gasteiger partial charge in [0.15, 0.2) is 5.82 Å². The minimum absolute atomic E-state index is 0.0341. The Kier molecular flexibility index (Phi) is 7.41. The van der Waals surface area contributed by atoms with Crippen molar-refractivity contribution in [2.75, 3.05) is 44.7 Å². The molecule has 3 heterocycles. The number of anilines is 1. The molecule has 0 atom stereocenters. The molecule has 4 rings (SSSR count). The summed E-state index contributed by atoms with van der Waals surface area (Å²) in [5, 5.41) is 8.82. The van der Waals surface area contributed by atoms with Crippen LogP contribution in [0.3, 0.4) is 0 Å². The normalized spacial score (nSPS) is 13.9. The van der Waals surface area contributed by atoms with Crippen molar-refractivity contribution < 1.29 is 18.7 Å². The van der Waals surface area contributed by atoms with Crippen molar-refractivity contribution in [3.63, 3.8) is 0 Å². The third-order valence-electron chi connectivity index (χ3n) is 5.91. The van der Waals surface area contributed by atoms with Crippen molar-refractivity contribution >= 4 is 17.6 Å². The molecule has 178 valence electrons. The first-order chi connectivity index (χ1) is 16.5. The van der Waals surface area contributed by atoms with Gasteiger partial charge in [0.2, 0.25) is 11.8 Å². The fraction of sp³-hybridized carbons (Fsp3) is 0.360. The number of nitrogens with zero attached hydrogens (tertiary/aromatic N) is 5. The Hall–Kier alpha value is -3.88. The van der Waals surface area contributed by atoms with E-state index in [1.807, 2.05) is 41.3 Å². The van der Waals surface area contributed by atoms with Crippen LogP contribution in [-0.2, 0) is 16.1 Å². The number of hydrogen-bond acceptors (Lipinski definition) is 7. The summed E-state index contributed by atoms with van der Waals surface area (Å²) in [7, 11) is 1.64. The smallest absolute Gasteiger partial charge is 0.242 e. The Labute approximate surface area is 198 Å². The average molecular weight is 464 g/mol. The number of carbonyl (C=O) groups excluding carboxylic acids is 2. The average Bonchev–Trinajstić information content (AvgIpc) is 3.25. The van der Waals surface area contributed by atoms with Gasteiger partial charge in [0.25, 0.3) is 0 Å². The number of benzene rings is 1. The van der Waals surface area contributed by atoms with Gasteiger partial charge in [0.05, 0.1) is 25.6 Å². The maximum Gasteiger partial charge on any atom is 0.242 e. The zero-order valence-corrected chi connectivity index (χ0v) is 19.5. The van der Waals surface area contributed by atoms with Crippen LogP contribution in [0.15, 0.2) is 59.2 Å². The number of amides is 2. The van der Waals surface area contributed by atoms with Crippen molar-refractivity contribution in [3.8, 4) is 17.0 Å². The van der Waals surface area contributed by atoms with Crippen LogP contribution >= 0.6 is 0 Å². The Morgan fingerprint density at radius 1 is 1.03 bits per heavy atom. The molecular weight excluding hydrogens is 434 g/mol. The fourth-order valence-electron chi connectivity index (χ4n) is 3.94. The molecule has 1 fully saturated rings. The van der Waals surface area contributed by atoms with E-state index in [0.717, 1.165) is 35.8 Å². The second-order valence-electron chi connectivity index (χ2n) is 8.18. The number of ether oxygens (including phenoxy) is 1. The third kappa shape index (κ3) is 5.72. The minimum Gasteiger partial charge on any atom is -0.497 e. The van der Waals surface area contributed by atoms with Crippen molar-refractivity contribution in [1.82, 2.24) is 20.0 Å². The second kappa shape index (κ2) is 10.8. The molecule has 0 unspecified atom stereocenters. The van der Waals surface area contributed by atoms with Gasteiger partial charge in [-0.25, -0.2) is 0 Å². The van der Waals surface area contributed by atoms with Gasteiger partial charge in [-0.2, -0.15) is 0 Å². The molecule has 9 heteroatoms. The third-order valence-corrected chi connectivity index (χ3v) is 5.91. The van der Waals surface area contributed by atoms with Crippen molar-refractivity contribution in [1.29, 1.82) is 0 Å². The number of furan rings is 1. The first kappa shape index (κ1) is 23.3. The highest BCUT2D eigenvalue weighted by Gasteiger charge is 2.23. The fourth-order valence-corrected chi connectivity index (χ4v) is 3.94. The van der Waals surface area contributed by atoms with Crippen LogP contribution in [0, 0.1) is 0 Å². The van der Waals surface area contributed by atoms with Gasteiger partial charge in [0, 0.05) is 38.7 Å². The number of methoxy groups -OCH3 is 1. The lowest BCUT2D eigenvalue weighted by molar-refractivity contribution is -0.139. The maximum absolute atomic E-state index is 12.9. The highest BCUT2D eigenvalue weighted by molar-refractivity contribution is 5.84. The molecule has 9 nitrogen and oxygen atoms in total. The predicted molar refractivity (Wildman–Crippen MR) is 127 cm³/mol. The molecule has 2 amide bonds. The number of carbonyl (C=O) groups is 2. The number of aromatic nitrogens is 2. The van der Waals surface area contributed by atoms with Gasteiger partial charge in [-0.05, 0) is 55.0 Å². The van der Waals surface area contributed by atoms with Crippen LogP contribution in [0.2, 0.25) is 0 Å². The highest BCUT2D eigenvalue weighted by atomic mass is 16.5. The van der Waals surface area contributed by atoms with E-state index in [4.69, 9.17) is 9.15 Å². The van der Waals surface area contributed by atoms with Gasteiger partial charge >= 0.3 is 0 Å². The first-order valence-electron chi connectivity index (χ1n) is 11.3. The summed E-state index contributed by atoms with van der Waals surface area (Å²) < 4.78 is 10.5. The predicted octanol–water partition coefficient (Wildman–Crippen LogP) is 2.83. The van der Waals surface area contributed by atoms with E-state index in [1.165, 1.54) is 11.8 Å². The Balaban J connectivity index is 1.34. The molecule has 0 aliphatic carbocycles. The molecule has 0 radical (unpaired) electrons. The molecule has 34 heavy (non-hydrogen) atoms. The SMILES string of the molecule is COc1ccc(-c2ccc(N3CCCN(C(=O)CN(Cc4ccco4)C(C)=O)CC3)nn2)cc1. The van der Waals surface area contributed by atoms with E-state index in [1.54, 1.807) is 25.5 Å². The van der Waals surface area contributed by atoms with Gasteiger partial charge in [0.1, 0.15) is 18.1 Å². The molecular formula is C25H29N5O4. The van der Waals surface area contributed by atoms with Gasteiger partial charge < -0.3 is 23.9 Å². The zero-order valence-electron chi connectivity index (χ0n) is 19.5. The molecule has 1 aliphatic heterocycles. The van der Waals surface area contributed by atoms with E-state index in [2.05, 4.69) is 15.1 Å². The van der Waals surface area contributed by atoms with Crippen LogP contribution in [0.4, 0.5) is 5.82 Å². The maximum atomic E-state index is 12.9. The summed E-state index contributed by atoms with van der Waals surface area (Å²) in [4.78, 5) is 30.4. The molecule has 0 saturated carbocycles. The van der Waals surface area contributed by atoms with Crippen molar-refractivity contribution in [2.24, 2.45) is 0 Å². The number of rotatable bonds is 7. The molecule has 0 N–H and O–H groups in total. The highest BCUT2D eigenvalue weighted by Crippen LogP contribution is 2.22. The Morgan fingerprint density at radius 2 is 1.85 bits per heavy atom. The molecule has 1 saturated heterocycles. The standard InChI is InChI=1S/C25H29N5O4/c1-19(31)30(17-22-5-3-16-34-22)18-25(32)29-13-4-12-28(14-15-29)24-11-10-23(26-27-24)20-6-8-21(33-2)9-7-20/h3,5-11,16H,4,12-15,17-18H2,1-2H3. The van der Waals surface area contributed by atoms with Gasteiger partial charge in [-0.1, -0.05) is 0 Å². The summed E-state index contributed by atoms with van der Waals surface area (Å²) in [5.74, 6) is 2.01. The lowest BCUT2D eigenvalue weighted by atomic mass is 10.1. The molecule has 1 aromatic carbocycles. The second-order valence-corrected chi connectivity index (χ2v) is 8.18. The van der Waals surface area contributed by atoms with Crippen LogP contribution in [0.1, 0.15) is 19.1 Å². The lowest BCUT2D eigenvalue weighted by Crippen LogP contribution is -2.43. The minimum atomic E-state index is -0.159. The first-order valence-corrected chi connectivity index (χ1v) is 11.3. The summed E-state index contributed by atoms with van der Waals surface area (Å²) in [6.45, 7) is 4.42. The van der Waals surface area contributed by atoms with Crippen LogP contribution < -0.4 is 9.64 Å². The molecule has 0 bridgehead atoms. The van der Waals surface area contributed by atoms with Gasteiger partial charge in [-0.3, -0.25) is 9.59 Å². The van der Waals surface area contributed by atoms with E-state index >= 15 is 0 Å². The van der Waals surface area contributed by atoms with Crippen molar-refractivity contribution in [2.45, 2.75) is 19.9 Å². The summed E-state index contributed by atoms with van der Waals surface area (Å²) >= 11 is 0. The van der Waals surface area contributed by atoms with E-state index in [9.17, 15) is 9.59 Å². The molecule has 3 aromatic rings. The summed E-state index contributed by atoms with van der Waals surface area (Å²) in [6, 6.07) is 15.2. The van der Waals surface area contributed by atoms with E-state index < -0.39 is 0 Å². The largest absolute Gasteiger partial charge is 0.497 e. The zero-order chi connectivity index (χ0) is 23.9. The van der Waals surface area contributed by atoms with Gasteiger partial charge in [-0.15, -0.1) is 10.2 Å². The van der Waals surface area contributed by atoms with Crippen molar-refractivity contribution in [3.05, 3.63) is 60.6 Å². The van der Waals surface area contributed by atoms with E-state index in [0.29, 0.717) is 25.4 Å². The number of hydrogen-bond donors (Lipinski definition) is 0. The van der Waals surface area contributed by atoms with Crippen LogP contribution in [0.5, 0.6) is 5.75 Å². The Bertz CT molecular complexity index is 1080. The molecule has 0 spiro atoms. The monoisotopic (exact) mass is 463 g/mol. The lowest BCUT2D eigenvalue weighted by Gasteiger charge is -2.26. The molecule has 1 aliphatic rings. The van der Waals surface area contributed by atoms with Crippen LogP contribution in [-0.4, -0.2) is 71.6 Å². The summed E-state index contributed by atoms with van der Waals surface area (Å²) in [5.41, 5.74) is 1.76. The topological polar surface area (TPSA) is 92.0 Å². The Morgan fingerprint density at radius 3 is 2.50 bits per heavy atom. The molecule has 2 aromatic heterocycles. The van der Waals surface area contributed by atoms with Crippen LogP contribution in [0.25, 0.3) is 11.3 Å². The summed E-state index contributed by atoms with van der Waals surface area (Å²) in [6.07, 6.45) is 2.37. The quantitative estimate of drug-likeness (QED) is 0.532. The van der Waals surface area contributed by atoms with E-state index in [-0.39, 0.29) is 24.9 Å².